The van der Waals surface area contributed by atoms with E-state index in [1.54, 1.807) is 12.1 Å². The average Bonchev–Trinajstić information content (AvgIpc) is 2.62. The number of amides is 2. The minimum atomic E-state index is -3.80. The normalized spacial score (nSPS) is 20.1. The molecule has 136 valence electrons. The van der Waals surface area contributed by atoms with Gasteiger partial charge in [-0.25, -0.2) is 8.42 Å². The maximum Gasteiger partial charge on any atom is 0.251 e. The number of piperidine rings is 1. The van der Waals surface area contributed by atoms with E-state index < -0.39 is 10.0 Å². The van der Waals surface area contributed by atoms with Crippen molar-refractivity contribution in [2.24, 2.45) is 0 Å². The van der Waals surface area contributed by atoms with Crippen LogP contribution in [0.1, 0.15) is 23.2 Å². The fraction of sp³-hybridized carbons (Fsp3) is 0.500. The molecule has 3 rings (SSSR count). The molecule has 2 aliphatic heterocycles. The summed E-state index contributed by atoms with van der Waals surface area (Å²) >= 11 is 0. The highest BCUT2D eigenvalue weighted by atomic mass is 32.2. The van der Waals surface area contributed by atoms with Crippen molar-refractivity contribution in [1.29, 1.82) is 0 Å². The van der Waals surface area contributed by atoms with Gasteiger partial charge >= 0.3 is 0 Å². The molecule has 2 amide bonds. The molecule has 2 fully saturated rings. The quantitative estimate of drug-likeness (QED) is 0.652. The topological polar surface area (TPSA) is 108 Å². The first-order valence-electron chi connectivity index (χ1n) is 8.35. The molecule has 2 aliphatic rings. The Bertz CT molecular complexity index is 759. The van der Waals surface area contributed by atoms with Crippen LogP contribution in [0.3, 0.4) is 0 Å². The molecule has 3 N–H and O–H groups in total. The zero-order chi connectivity index (χ0) is 17.9. The molecule has 0 radical (unpaired) electrons. The molecule has 2 saturated heterocycles. The molecule has 0 atom stereocenters. The van der Waals surface area contributed by atoms with E-state index in [4.69, 9.17) is 0 Å². The van der Waals surface area contributed by atoms with Crippen molar-refractivity contribution in [1.82, 2.24) is 20.3 Å². The standard InChI is InChI=1S/C16H22N4O4S/c21-15-11-20(9-8-18-15)25(23,24)14-3-1-2-12(10-14)16(22)19-13-4-6-17-7-5-13/h1-3,10,13,17H,4-9,11H2,(H,18,21)(H,19,22). The number of carbonyl (C=O) groups is 2. The van der Waals surface area contributed by atoms with Crippen LogP contribution in [-0.2, 0) is 14.8 Å². The lowest BCUT2D eigenvalue weighted by molar-refractivity contribution is -0.122. The van der Waals surface area contributed by atoms with Crippen molar-refractivity contribution >= 4 is 21.8 Å². The first-order valence-corrected chi connectivity index (χ1v) is 9.79. The fourth-order valence-electron chi connectivity index (χ4n) is 3.00. The van der Waals surface area contributed by atoms with E-state index in [2.05, 4.69) is 16.0 Å². The number of nitrogens with zero attached hydrogens (tertiary/aromatic N) is 1. The van der Waals surface area contributed by atoms with E-state index in [0.29, 0.717) is 5.56 Å². The van der Waals surface area contributed by atoms with Crippen LogP contribution in [0.25, 0.3) is 0 Å². The van der Waals surface area contributed by atoms with Gasteiger partial charge in [-0.2, -0.15) is 4.31 Å². The zero-order valence-electron chi connectivity index (χ0n) is 13.8. The minimum absolute atomic E-state index is 0.0279. The van der Waals surface area contributed by atoms with E-state index >= 15 is 0 Å². The molecule has 25 heavy (non-hydrogen) atoms. The van der Waals surface area contributed by atoms with Gasteiger partial charge in [0.2, 0.25) is 15.9 Å². The van der Waals surface area contributed by atoms with Crippen molar-refractivity contribution in [3.05, 3.63) is 29.8 Å². The monoisotopic (exact) mass is 366 g/mol. The van der Waals surface area contributed by atoms with Crippen molar-refractivity contribution < 1.29 is 18.0 Å². The van der Waals surface area contributed by atoms with Crippen molar-refractivity contribution in [2.75, 3.05) is 32.7 Å². The van der Waals surface area contributed by atoms with Crippen LogP contribution in [-0.4, -0.2) is 63.3 Å². The average molecular weight is 366 g/mol. The summed E-state index contributed by atoms with van der Waals surface area (Å²) in [5.74, 6) is -0.602. The lowest BCUT2D eigenvalue weighted by Crippen LogP contribution is -2.49. The predicted molar refractivity (Wildman–Crippen MR) is 91.6 cm³/mol. The van der Waals surface area contributed by atoms with Gasteiger partial charge < -0.3 is 16.0 Å². The third-order valence-electron chi connectivity index (χ3n) is 4.41. The molecule has 1 aromatic rings. The van der Waals surface area contributed by atoms with Gasteiger partial charge in [-0.3, -0.25) is 9.59 Å². The zero-order valence-corrected chi connectivity index (χ0v) is 14.6. The fourth-order valence-corrected chi connectivity index (χ4v) is 4.45. The molecule has 1 aromatic carbocycles. The van der Waals surface area contributed by atoms with Crippen LogP contribution in [0.15, 0.2) is 29.2 Å². The van der Waals surface area contributed by atoms with Gasteiger partial charge in [0.1, 0.15) is 0 Å². The molecular formula is C16H22N4O4S. The molecule has 0 saturated carbocycles. The number of carbonyl (C=O) groups excluding carboxylic acids is 2. The van der Waals surface area contributed by atoms with E-state index in [1.165, 1.54) is 12.1 Å². The molecule has 2 heterocycles. The van der Waals surface area contributed by atoms with E-state index in [-0.39, 0.29) is 42.4 Å². The lowest BCUT2D eigenvalue weighted by atomic mass is 10.1. The number of hydrogen-bond donors (Lipinski definition) is 3. The number of piperazine rings is 1. The molecule has 0 bridgehead atoms. The molecule has 0 unspecified atom stereocenters. The Kier molecular flexibility index (Phi) is 5.36. The summed E-state index contributed by atoms with van der Waals surface area (Å²) in [6.45, 7) is 2.02. The molecule has 0 spiro atoms. The molecule has 8 nitrogen and oxygen atoms in total. The second-order valence-corrected chi connectivity index (χ2v) is 8.15. The van der Waals surface area contributed by atoms with Gasteiger partial charge in [0.05, 0.1) is 11.4 Å². The van der Waals surface area contributed by atoms with Gasteiger partial charge in [0.25, 0.3) is 5.91 Å². The Morgan fingerprint density at radius 1 is 1.20 bits per heavy atom. The van der Waals surface area contributed by atoms with Gasteiger partial charge in [-0.1, -0.05) is 6.07 Å². The van der Waals surface area contributed by atoms with E-state index in [0.717, 1.165) is 30.2 Å². The van der Waals surface area contributed by atoms with Gasteiger partial charge in [0, 0.05) is 24.7 Å². The van der Waals surface area contributed by atoms with Gasteiger partial charge in [-0.15, -0.1) is 0 Å². The van der Waals surface area contributed by atoms with Crippen molar-refractivity contribution in [3.63, 3.8) is 0 Å². The molecule has 0 aromatic heterocycles. The van der Waals surface area contributed by atoms with E-state index in [1.807, 2.05) is 0 Å². The van der Waals surface area contributed by atoms with Gasteiger partial charge in [-0.05, 0) is 44.1 Å². The van der Waals surface area contributed by atoms with Crippen molar-refractivity contribution in [3.8, 4) is 0 Å². The Morgan fingerprint density at radius 2 is 1.96 bits per heavy atom. The lowest BCUT2D eigenvalue weighted by Gasteiger charge is -2.26. The molecule has 0 aliphatic carbocycles. The van der Waals surface area contributed by atoms with Crippen LogP contribution >= 0.6 is 0 Å². The summed E-state index contributed by atoms with van der Waals surface area (Å²) in [4.78, 5) is 23.9. The Morgan fingerprint density at radius 3 is 2.68 bits per heavy atom. The highest BCUT2D eigenvalue weighted by Gasteiger charge is 2.29. The number of hydrogen-bond acceptors (Lipinski definition) is 5. The third-order valence-corrected chi connectivity index (χ3v) is 6.25. The van der Waals surface area contributed by atoms with Crippen LogP contribution < -0.4 is 16.0 Å². The number of nitrogens with one attached hydrogen (secondary N) is 3. The van der Waals surface area contributed by atoms with Gasteiger partial charge in [0.15, 0.2) is 0 Å². The second kappa shape index (κ2) is 7.51. The highest BCUT2D eigenvalue weighted by molar-refractivity contribution is 7.89. The summed E-state index contributed by atoms with van der Waals surface area (Å²) in [7, 11) is -3.80. The highest BCUT2D eigenvalue weighted by Crippen LogP contribution is 2.18. The summed E-state index contributed by atoms with van der Waals surface area (Å²) in [5, 5.41) is 8.77. The number of rotatable bonds is 4. The largest absolute Gasteiger partial charge is 0.354 e. The summed E-state index contributed by atoms with van der Waals surface area (Å²) in [6, 6.07) is 6.06. The number of benzene rings is 1. The second-order valence-electron chi connectivity index (χ2n) is 6.21. The molecular weight excluding hydrogens is 344 g/mol. The Hall–Kier alpha value is -1.97. The van der Waals surface area contributed by atoms with Crippen LogP contribution in [0.5, 0.6) is 0 Å². The van der Waals surface area contributed by atoms with Crippen LogP contribution in [0, 0.1) is 0 Å². The predicted octanol–water partition coefficient (Wildman–Crippen LogP) is -0.711. The van der Waals surface area contributed by atoms with Crippen LogP contribution in [0.4, 0.5) is 0 Å². The summed E-state index contributed by atoms with van der Waals surface area (Å²) in [5.41, 5.74) is 0.307. The maximum atomic E-state index is 12.7. The maximum absolute atomic E-state index is 12.7. The van der Waals surface area contributed by atoms with Crippen LogP contribution in [0.2, 0.25) is 0 Å². The summed E-state index contributed by atoms with van der Waals surface area (Å²) in [6.07, 6.45) is 1.71. The van der Waals surface area contributed by atoms with Crippen molar-refractivity contribution in [2.45, 2.75) is 23.8 Å². The third kappa shape index (κ3) is 4.17. The van der Waals surface area contributed by atoms with E-state index in [9.17, 15) is 18.0 Å². The summed E-state index contributed by atoms with van der Waals surface area (Å²) < 4.78 is 26.5. The Balaban J connectivity index is 1.76. The SMILES string of the molecule is O=C1CN(S(=O)(=O)c2cccc(C(=O)NC3CCNCC3)c2)CCN1. The smallest absolute Gasteiger partial charge is 0.251 e. The minimum Gasteiger partial charge on any atom is -0.354 e. The first kappa shape index (κ1) is 17.8. The molecule has 9 heteroatoms. The first-order chi connectivity index (χ1) is 12.0. The Labute approximate surface area is 147 Å². The number of sulfonamides is 1.